The highest BCUT2D eigenvalue weighted by Crippen LogP contribution is 2.21. The molecule has 1 heterocycles. The lowest BCUT2D eigenvalue weighted by Crippen LogP contribution is -2.27. The summed E-state index contributed by atoms with van der Waals surface area (Å²) in [7, 11) is 0. The molecule has 0 bridgehead atoms. The number of rotatable bonds is 5. The first-order valence-corrected chi connectivity index (χ1v) is 8.27. The molecule has 0 aliphatic rings. The minimum Gasteiger partial charge on any atom is -0.324 e. The smallest absolute Gasteiger partial charge is 0.306 e. The number of carbonyl (C=O) groups excluding carboxylic acids is 1. The monoisotopic (exact) mass is 402 g/mol. The van der Waals surface area contributed by atoms with Gasteiger partial charge in [-0.05, 0) is 24.3 Å². The van der Waals surface area contributed by atoms with E-state index in [2.05, 4.69) is 10.3 Å². The first-order valence-electron chi connectivity index (χ1n) is 7.90. The highest BCUT2D eigenvalue weighted by molar-refractivity contribution is 6.30. The van der Waals surface area contributed by atoms with Crippen molar-refractivity contribution in [3.05, 3.63) is 86.2 Å². The molecule has 0 aliphatic heterocycles. The summed E-state index contributed by atoms with van der Waals surface area (Å²) in [6.07, 6.45) is 1.22. The van der Waals surface area contributed by atoms with Crippen LogP contribution in [0.15, 0.2) is 59.7 Å². The number of aromatic nitrogens is 2. The summed E-state index contributed by atoms with van der Waals surface area (Å²) in [5, 5.41) is 13.7. The van der Waals surface area contributed by atoms with Gasteiger partial charge in [-0.25, -0.2) is 4.98 Å². The highest BCUT2D eigenvalue weighted by Gasteiger charge is 2.15. The third-order valence-electron chi connectivity index (χ3n) is 3.76. The average Bonchev–Trinajstić information content (AvgIpc) is 2.65. The molecule has 2 aromatic carbocycles. The van der Waals surface area contributed by atoms with Crippen LogP contribution in [-0.4, -0.2) is 20.4 Å². The largest absolute Gasteiger partial charge is 0.324 e. The topological polar surface area (TPSA) is 107 Å². The number of nitro benzene ring substituents is 1. The Morgan fingerprint density at radius 3 is 2.57 bits per heavy atom. The van der Waals surface area contributed by atoms with Crippen molar-refractivity contribution in [3.8, 4) is 11.3 Å². The molecule has 8 nitrogen and oxygen atoms in total. The van der Waals surface area contributed by atoms with Crippen molar-refractivity contribution in [3.63, 3.8) is 0 Å². The van der Waals surface area contributed by atoms with Crippen LogP contribution in [0.2, 0.25) is 5.02 Å². The van der Waals surface area contributed by atoms with Gasteiger partial charge < -0.3 is 5.32 Å². The second kappa shape index (κ2) is 7.97. The average molecular weight is 403 g/mol. The molecule has 0 saturated heterocycles. The Bertz CT molecular complexity index is 1120. The van der Waals surface area contributed by atoms with Gasteiger partial charge in [0.2, 0.25) is 11.7 Å². The standard InChI is InChI=1S/C18H12ClFN4O4/c19-12-3-1-11(2-4-12)15-8-18(26)23(10-21-15)9-17(25)22-13-5-6-14(20)16(7-13)24(27)28/h1-8,10H,9H2,(H,22,25). The normalized spacial score (nSPS) is 10.5. The van der Waals surface area contributed by atoms with Crippen molar-refractivity contribution in [2.75, 3.05) is 5.32 Å². The molecule has 0 radical (unpaired) electrons. The van der Waals surface area contributed by atoms with E-state index in [-0.39, 0.29) is 12.2 Å². The summed E-state index contributed by atoms with van der Waals surface area (Å²) in [4.78, 5) is 38.4. The molecule has 0 unspecified atom stereocenters. The fourth-order valence-electron chi connectivity index (χ4n) is 2.41. The fraction of sp³-hybridized carbons (Fsp3) is 0.0556. The Hall–Kier alpha value is -3.59. The van der Waals surface area contributed by atoms with Crippen LogP contribution in [-0.2, 0) is 11.3 Å². The fourth-order valence-corrected chi connectivity index (χ4v) is 2.53. The van der Waals surface area contributed by atoms with Gasteiger partial charge in [0.25, 0.3) is 5.56 Å². The van der Waals surface area contributed by atoms with Crippen LogP contribution in [0.5, 0.6) is 0 Å². The lowest BCUT2D eigenvalue weighted by molar-refractivity contribution is -0.387. The second-order valence-corrected chi connectivity index (χ2v) is 6.16. The number of carbonyl (C=O) groups is 1. The van der Waals surface area contributed by atoms with Crippen molar-refractivity contribution in [1.29, 1.82) is 0 Å². The van der Waals surface area contributed by atoms with E-state index < -0.39 is 27.9 Å². The zero-order valence-corrected chi connectivity index (χ0v) is 14.9. The molecule has 0 aliphatic carbocycles. The number of nitrogens with zero attached hydrogens (tertiary/aromatic N) is 3. The van der Waals surface area contributed by atoms with E-state index in [1.54, 1.807) is 24.3 Å². The van der Waals surface area contributed by atoms with Gasteiger partial charge in [-0.1, -0.05) is 23.7 Å². The van der Waals surface area contributed by atoms with Crippen molar-refractivity contribution < 1.29 is 14.1 Å². The molecule has 0 fully saturated rings. The number of amides is 1. The third-order valence-corrected chi connectivity index (χ3v) is 4.01. The lowest BCUT2D eigenvalue weighted by atomic mass is 10.1. The van der Waals surface area contributed by atoms with E-state index >= 15 is 0 Å². The Labute approximate surface area is 162 Å². The van der Waals surface area contributed by atoms with Gasteiger partial charge in [-0.15, -0.1) is 0 Å². The first kappa shape index (κ1) is 19.2. The molecule has 1 N–H and O–H groups in total. The van der Waals surface area contributed by atoms with Crippen molar-refractivity contribution in [2.45, 2.75) is 6.54 Å². The molecule has 0 saturated carbocycles. The molecule has 142 valence electrons. The van der Waals surface area contributed by atoms with E-state index in [0.717, 1.165) is 16.7 Å². The number of nitro groups is 1. The van der Waals surface area contributed by atoms with Crippen LogP contribution in [0.4, 0.5) is 15.8 Å². The molecule has 3 rings (SSSR count). The number of halogens is 2. The lowest BCUT2D eigenvalue weighted by Gasteiger charge is -2.08. The maximum atomic E-state index is 13.3. The summed E-state index contributed by atoms with van der Waals surface area (Å²) in [6.45, 7) is -0.363. The number of hydrogen-bond donors (Lipinski definition) is 1. The van der Waals surface area contributed by atoms with Gasteiger partial charge in [-0.2, -0.15) is 4.39 Å². The molecule has 1 amide bonds. The summed E-state index contributed by atoms with van der Waals surface area (Å²) in [6, 6.07) is 11.0. The van der Waals surface area contributed by atoms with E-state index in [1.807, 2.05) is 0 Å². The Kier molecular flexibility index (Phi) is 5.46. The summed E-state index contributed by atoms with van der Waals surface area (Å²) in [5.74, 6) is -1.63. The Morgan fingerprint density at radius 2 is 1.93 bits per heavy atom. The van der Waals surface area contributed by atoms with Crippen LogP contribution >= 0.6 is 11.6 Å². The van der Waals surface area contributed by atoms with Crippen LogP contribution in [0, 0.1) is 15.9 Å². The second-order valence-electron chi connectivity index (χ2n) is 5.72. The maximum absolute atomic E-state index is 13.3. The van der Waals surface area contributed by atoms with Crippen LogP contribution in [0.1, 0.15) is 0 Å². The van der Waals surface area contributed by atoms with Crippen LogP contribution < -0.4 is 10.9 Å². The van der Waals surface area contributed by atoms with E-state index in [9.17, 15) is 24.1 Å². The first-order chi connectivity index (χ1) is 13.3. The maximum Gasteiger partial charge on any atom is 0.306 e. The Balaban J connectivity index is 1.74. The van der Waals surface area contributed by atoms with Crippen molar-refractivity contribution in [2.24, 2.45) is 0 Å². The van der Waals surface area contributed by atoms with Crippen molar-refractivity contribution >= 4 is 28.9 Å². The minimum absolute atomic E-state index is 0.0388. The predicted molar refractivity (Wildman–Crippen MR) is 101 cm³/mol. The SMILES string of the molecule is O=C(Cn1cnc(-c2ccc(Cl)cc2)cc1=O)Nc1ccc(F)c([N+](=O)[O-])c1. The van der Waals surface area contributed by atoms with Gasteiger partial charge >= 0.3 is 5.69 Å². The number of nitrogens with one attached hydrogen (secondary N) is 1. The zero-order valence-electron chi connectivity index (χ0n) is 14.1. The third kappa shape index (κ3) is 4.38. The number of benzene rings is 2. The van der Waals surface area contributed by atoms with E-state index in [0.29, 0.717) is 16.3 Å². The summed E-state index contributed by atoms with van der Waals surface area (Å²) in [5.41, 5.74) is -0.0646. The van der Waals surface area contributed by atoms with Crippen LogP contribution in [0.25, 0.3) is 11.3 Å². The zero-order chi connectivity index (χ0) is 20.3. The van der Waals surface area contributed by atoms with Gasteiger partial charge in [0.1, 0.15) is 6.54 Å². The minimum atomic E-state index is -1.01. The quantitative estimate of drug-likeness (QED) is 0.520. The number of anilines is 1. The van der Waals surface area contributed by atoms with E-state index in [4.69, 9.17) is 11.6 Å². The van der Waals surface area contributed by atoms with Gasteiger partial charge in [0, 0.05) is 28.4 Å². The van der Waals surface area contributed by atoms with E-state index in [1.165, 1.54) is 18.5 Å². The molecule has 10 heteroatoms. The predicted octanol–water partition coefficient (Wildman–Crippen LogP) is 3.25. The number of hydrogen-bond acceptors (Lipinski definition) is 5. The molecule has 0 atom stereocenters. The van der Waals surface area contributed by atoms with Crippen LogP contribution in [0.3, 0.4) is 0 Å². The molecule has 1 aromatic heterocycles. The molecule has 3 aromatic rings. The summed E-state index contributed by atoms with van der Waals surface area (Å²) < 4.78 is 14.4. The molecule has 0 spiro atoms. The molecule has 28 heavy (non-hydrogen) atoms. The summed E-state index contributed by atoms with van der Waals surface area (Å²) >= 11 is 5.83. The van der Waals surface area contributed by atoms with Gasteiger partial charge in [-0.3, -0.25) is 24.3 Å². The van der Waals surface area contributed by atoms with Crippen molar-refractivity contribution in [1.82, 2.24) is 9.55 Å². The molecular formula is C18H12ClFN4O4. The molecular weight excluding hydrogens is 391 g/mol. The van der Waals surface area contributed by atoms with Gasteiger partial charge in [0.15, 0.2) is 0 Å². The highest BCUT2D eigenvalue weighted by atomic mass is 35.5. The van der Waals surface area contributed by atoms with Gasteiger partial charge in [0.05, 0.1) is 16.9 Å². The Morgan fingerprint density at radius 1 is 1.21 bits per heavy atom.